The lowest BCUT2D eigenvalue weighted by atomic mass is 9.49. The van der Waals surface area contributed by atoms with Crippen LogP contribution < -0.4 is 0 Å². The minimum atomic E-state index is -4.18. The Bertz CT molecular complexity index is 2640. The second kappa shape index (κ2) is 47.2. The molecule has 3 aliphatic rings. The third kappa shape index (κ3) is 29.4. The average Bonchev–Trinajstić information content (AvgIpc) is 0.772. The molecule has 3 aliphatic carbocycles. The minimum Gasteiger partial charge on any atom is -0.171 e. The monoisotopic (exact) mass is 1790 g/mol. The van der Waals surface area contributed by atoms with Crippen LogP contribution in [0.15, 0.2) is 0 Å². The average molecular weight is 1790 g/mol. The lowest BCUT2D eigenvalue weighted by molar-refractivity contribution is -0.301. The van der Waals surface area contributed by atoms with Crippen LogP contribution in [0.2, 0.25) is 0 Å². The molecule has 0 aliphatic heterocycles. The molecule has 3 saturated carbocycles. The lowest BCUT2D eigenvalue weighted by Gasteiger charge is -2.57. The van der Waals surface area contributed by atoms with E-state index in [0.29, 0.717) is 103 Å². The molecule has 2 atom stereocenters. The zero-order chi connectivity index (χ0) is 97.7. The molecular formula is C96H178F24. The van der Waals surface area contributed by atoms with Crippen molar-refractivity contribution < 1.29 is 105 Å². The second-order valence-corrected chi connectivity index (χ2v) is 42.5. The predicted molar refractivity (Wildman–Crippen MR) is 455 cm³/mol. The molecule has 0 aromatic carbocycles. The van der Waals surface area contributed by atoms with Gasteiger partial charge in [-0.3, -0.25) is 0 Å². The van der Waals surface area contributed by atoms with Gasteiger partial charge in [-0.05, 0) is 195 Å². The molecule has 3 fully saturated rings. The quantitative estimate of drug-likeness (QED) is 0.0757. The van der Waals surface area contributed by atoms with Gasteiger partial charge in [0, 0.05) is 0 Å². The van der Waals surface area contributed by atoms with Gasteiger partial charge in [0.15, 0.2) is 0 Å². The number of halogens is 24. The highest BCUT2D eigenvalue weighted by atomic mass is 19.4. The van der Waals surface area contributed by atoms with Crippen LogP contribution in [-0.4, -0.2) is 49.4 Å². The Kier molecular flexibility index (Phi) is 49.9. The van der Waals surface area contributed by atoms with Crippen molar-refractivity contribution in [2.75, 3.05) is 0 Å². The fourth-order valence-electron chi connectivity index (χ4n) is 21.6. The molecule has 0 bridgehead atoms. The van der Waals surface area contributed by atoms with Gasteiger partial charge >= 0.3 is 49.4 Å². The fourth-order valence-corrected chi connectivity index (χ4v) is 21.6. The molecule has 3 rings (SSSR count). The van der Waals surface area contributed by atoms with E-state index in [0.717, 1.165) is 32.1 Å². The molecule has 24 heteroatoms. The van der Waals surface area contributed by atoms with Gasteiger partial charge in [0.25, 0.3) is 0 Å². The second-order valence-electron chi connectivity index (χ2n) is 42.5. The van der Waals surface area contributed by atoms with Crippen LogP contribution in [0.25, 0.3) is 0 Å². The van der Waals surface area contributed by atoms with Gasteiger partial charge in [-0.25, -0.2) is 0 Å². The number of hydrogen-bond donors (Lipinski definition) is 0. The van der Waals surface area contributed by atoms with Gasteiger partial charge in [0.1, 0.15) is 0 Å². The van der Waals surface area contributed by atoms with E-state index in [1.165, 1.54) is 55.4 Å². The van der Waals surface area contributed by atoms with Crippen LogP contribution in [-0.2, 0) is 0 Å². The molecule has 0 aromatic heterocycles. The maximum atomic E-state index is 14.0. The first-order valence-electron chi connectivity index (χ1n) is 45.6. The van der Waals surface area contributed by atoms with Crippen LogP contribution in [0, 0.1) is 141 Å². The van der Waals surface area contributed by atoms with E-state index in [-0.39, 0.29) is 77.4 Å². The van der Waals surface area contributed by atoms with Crippen LogP contribution in [0.4, 0.5) is 105 Å². The predicted octanol–water partition coefficient (Wildman–Crippen LogP) is 39.4. The summed E-state index contributed by atoms with van der Waals surface area (Å²) in [6, 6.07) is 0. The molecule has 0 N–H and O–H groups in total. The summed E-state index contributed by atoms with van der Waals surface area (Å²) < 4.78 is 315. The van der Waals surface area contributed by atoms with Crippen LogP contribution in [0.3, 0.4) is 0 Å². The summed E-state index contributed by atoms with van der Waals surface area (Å²) in [5.41, 5.74) is -15.0. The van der Waals surface area contributed by atoms with Crippen molar-refractivity contribution in [2.24, 2.45) is 141 Å². The van der Waals surface area contributed by atoms with Crippen molar-refractivity contribution in [2.45, 2.75) is 474 Å². The number of rotatable bonds is 26. The maximum absolute atomic E-state index is 14.0. The highest BCUT2D eigenvalue weighted by Gasteiger charge is 2.69. The van der Waals surface area contributed by atoms with Gasteiger partial charge < -0.3 is 0 Å². The lowest BCUT2D eigenvalue weighted by Crippen LogP contribution is -2.57. The smallest absolute Gasteiger partial charge is 0.171 e. The molecule has 0 unspecified atom stereocenters. The van der Waals surface area contributed by atoms with Gasteiger partial charge in [0.2, 0.25) is 0 Å². The Morgan fingerprint density at radius 1 is 0.233 bits per heavy atom. The zero-order valence-electron chi connectivity index (χ0n) is 82.8. The van der Waals surface area contributed by atoms with Crippen molar-refractivity contribution >= 4 is 0 Å². The number of alkyl halides is 24. The molecule has 120 heavy (non-hydrogen) atoms. The third-order valence-corrected chi connectivity index (χ3v) is 33.5. The summed E-state index contributed by atoms with van der Waals surface area (Å²) in [7, 11) is 0. The van der Waals surface area contributed by atoms with E-state index < -0.39 is 126 Å². The van der Waals surface area contributed by atoms with E-state index in [4.69, 9.17) is 0 Å². The molecule has 0 spiro atoms. The minimum absolute atomic E-state index is 0.0154. The summed E-state index contributed by atoms with van der Waals surface area (Å²) in [6.07, 6.45) is -20.0. The highest BCUT2D eigenvalue weighted by Crippen LogP contribution is 2.67. The fraction of sp³-hybridized carbons (Fsp3) is 1.00. The topological polar surface area (TPSA) is 0 Å². The summed E-state index contributed by atoms with van der Waals surface area (Å²) in [5, 5.41) is 0. The van der Waals surface area contributed by atoms with Crippen molar-refractivity contribution in [3.8, 4) is 0 Å². The highest BCUT2D eigenvalue weighted by molar-refractivity contribution is 5.07. The molecule has 730 valence electrons. The van der Waals surface area contributed by atoms with E-state index in [9.17, 15) is 105 Å². The summed E-state index contributed by atoms with van der Waals surface area (Å²) in [6.45, 7) is 70.6. The largest absolute Gasteiger partial charge is 0.395 e. The van der Waals surface area contributed by atoms with E-state index in [1.54, 1.807) is 55.4 Å². The first kappa shape index (κ1) is 127. The molecule has 0 radical (unpaired) electrons. The Morgan fingerprint density at radius 2 is 0.450 bits per heavy atom. The Hall–Kier alpha value is -1.68. The molecule has 0 amide bonds. The van der Waals surface area contributed by atoms with Crippen molar-refractivity contribution in [3.05, 3.63) is 0 Å². The molecular weight excluding hydrogens is 1610 g/mol. The van der Waals surface area contributed by atoms with Gasteiger partial charge in [-0.2, -0.15) is 105 Å². The van der Waals surface area contributed by atoms with Crippen molar-refractivity contribution in [3.63, 3.8) is 0 Å². The van der Waals surface area contributed by atoms with Crippen LogP contribution in [0.1, 0.15) is 425 Å². The summed E-state index contributed by atoms with van der Waals surface area (Å²) in [5.74, 6) is -2.07. The standard InChI is InChI=1S/C17H33F3.C15H29F3.C14H27F3.C13H25F3.C12H23F3.C10H17F3.C8H13F3.C7H11F3/c1-10(2)14(11(3)4)16(9,17(18,19)20)15(12(5)6)13(7)8;1-8-12(5,9-2)14(7,15(16,17)18)13(6,10-3)11-4;1-9(2)12(7,10(3)4)13(8,11(5)6)14(15,16)17;1-6-10(7-2)12(5,13(14,15)16)11(8-3)9-4;1-7-10(5,8-2)11(6,9(3)4)12(13,14)15;1-8(2)4-6-9(3,7-5-8)10(11,12)13;1-7(8(9,10)11)5-3-2-4-6-7;1-6(7(8,9)10)4-2-3-5-6/h10-15H,1-9H3;8-11H2,1-7H3;9-11H,1-8H3;10-11H,6-9H2,1-5H3;9H,7-8H2,1-6H3;4-7H2,1-3H3;2-6H2,1H3;2-5H2,1H3/t;;13-;;11-;;;/m..0.0.../s1. The van der Waals surface area contributed by atoms with Crippen molar-refractivity contribution in [1.82, 2.24) is 0 Å². The normalized spacial score (nSPS) is 18.7. The van der Waals surface area contributed by atoms with E-state index >= 15 is 0 Å². The Labute approximate surface area is 717 Å². The Morgan fingerprint density at radius 3 is 0.583 bits per heavy atom. The molecule has 0 heterocycles. The van der Waals surface area contributed by atoms with Gasteiger partial charge in [-0.1, -0.05) is 328 Å². The third-order valence-electron chi connectivity index (χ3n) is 33.5. The van der Waals surface area contributed by atoms with E-state index in [1.807, 2.05) is 166 Å². The van der Waals surface area contributed by atoms with Gasteiger partial charge in [0.05, 0.1) is 43.3 Å². The first-order chi connectivity index (χ1) is 53.0. The molecule has 0 saturated heterocycles. The van der Waals surface area contributed by atoms with Gasteiger partial charge in [-0.15, -0.1) is 0 Å². The molecule has 0 aromatic rings. The van der Waals surface area contributed by atoms with Crippen LogP contribution >= 0.6 is 0 Å². The maximum Gasteiger partial charge on any atom is 0.395 e. The number of hydrogen-bond acceptors (Lipinski definition) is 0. The molecule has 0 nitrogen and oxygen atoms in total. The van der Waals surface area contributed by atoms with Crippen LogP contribution in [0.5, 0.6) is 0 Å². The zero-order valence-corrected chi connectivity index (χ0v) is 82.8. The van der Waals surface area contributed by atoms with E-state index in [2.05, 4.69) is 0 Å². The SMILES string of the molecule is CC(C)C(C(C)C)C(C)(C(C(C)C)C(C)C)C(F)(F)F.CC(C)C(C)(C(C)C)[C@](C)(C(C)C)C(F)(F)F.CC1(C(F)(F)F)CCCC1.CC1(C(F)(F)F)CCCCC1.CC1(C)CCC(C)(C(F)(F)F)CC1.CCC(C)(CC)C(C)(C(F)(F)F)C(C)(CC)CC.CCC(C)(CC)[C@](C)(C(C)C)C(F)(F)F.CCC(CC)C(C)(C(CC)CC)C(F)(F)F. The van der Waals surface area contributed by atoms with Crippen molar-refractivity contribution in [1.29, 1.82) is 0 Å². The summed E-state index contributed by atoms with van der Waals surface area (Å²) in [4.78, 5) is 0. The Balaban J connectivity index is -0.000000423. The summed E-state index contributed by atoms with van der Waals surface area (Å²) >= 11 is 0. The first-order valence-corrected chi connectivity index (χ1v) is 45.6.